The monoisotopic (exact) mass is 188 g/mol. The molecule has 0 aliphatic carbocycles. The molecular formula is C10H20OS. The third kappa shape index (κ3) is 2.17. The van der Waals surface area contributed by atoms with E-state index >= 15 is 0 Å². The summed E-state index contributed by atoms with van der Waals surface area (Å²) < 4.78 is 0. The molecule has 2 heteroatoms. The summed E-state index contributed by atoms with van der Waals surface area (Å²) >= 11 is 1.91. The van der Waals surface area contributed by atoms with Crippen LogP contribution in [0.1, 0.15) is 40.0 Å². The van der Waals surface area contributed by atoms with E-state index in [2.05, 4.69) is 20.8 Å². The molecule has 0 aromatic carbocycles. The lowest BCUT2D eigenvalue weighted by atomic mass is 9.86. The molecule has 0 aromatic heterocycles. The van der Waals surface area contributed by atoms with Gasteiger partial charge in [-0.25, -0.2) is 0 Å². The van der Waals surface area contributed by atoms with Crippen molar-refractivity contribution >= 4 is 11.8 Å². The summed E-state index contributed by atoms with van der Waals surface area (Å²) in [6, 6.07) is 0. The molecule has 1 N–H and O–H groups in total. The average Bonchev–Trinajstić information content (AvgIpc) is 2.32. The largest absolute Gasteiger partial charge is 0.389 e. The molecule has 12 heavy (non-hydrogen) atoms. The van der Waals surface area contributed by atoms with Gasteiger partial charge >= 0.3 is 0 Å². The smallest absolute Gasteiger partial charge is 0.0773 e. The molecule has 0 amide bonds. The molecule has 72 valence electrons. The maximum absolute atomic E-state index is 10.2. The second-order valence-corrected chi connectivity index (χ2v) is 5.53. The van der Waals surface area contributed by atoms with E-state index in [-0.39, 0.29) is 5.60 Å². The first-order valence-electron chi connectivity index (χ1n) is 4.92. The van der Waals surface area contributed by atoms with E-state index in [0.717, 1.165) is 18.6 Å². The minimum atomic E-state index is -0.361. The molecular weight excluding hydrogens is 168 g/mol. The lowest BCUT2D eigenvalue weighted by molar-refractivity contribution is 0.0225. The molecule has 0 bridgehead atoms. The quantitative estimate of drug-likeness (QED) is 0.735. The van der Waals surface area contributed by atoms with Crippen molar-refractivity contribution in [2.45, 2.75) is 50.9 Å². The molecule has 0 spiro atoms. The van der Waals surface area contributed by atoms with E-state index in [4.69, 9.17) is 0 Å². The van der Waals surface area contributed by atoms with Crippen LogP contribution in [-0.2, 0) is 0 Å². The van der Waals surface area contributed by atoms with Gasteiger partial charge in [-0.1, -0.05) is 27.2 Å². The number of rotatable bonds is 3. The Hall–Kier alpha value is 0.310. The first-order chi connectivity index (χ1) is 5.58. The number of aliphatic hydroxyl groups is 1. The number of hydrogen-bond acceptors (Lipinski definition) is 2. The standard InChI is InChI=1S/C10H20OS/c1-4-8(2)7-10(11)5-6-12-9(10)3/h8-9,11H,4-7H2,1-3H3. The molecule has 3 unspecified atom stereocenters. The highest BCUT2D eigenvalue weighted by atomic mass is 32.2. The van der Waals surface area contributed by atoms with Gasteiger partial charge in [-0.3, -0.25) is 0 Å². The van der Waals surface area contributed by atoms with Gasteiger partial charge in [0, 0.05) is 5.25 Å². The topological polar surface area (TPSA) is 20.2 Å². The number of thioether (sulfide) groups is 1. The fourth-order valence-corrected chi connectivity index (χ4v) is 3.14. The molecule has 1 aliphatic rings. The molecule has 1 saturated heterocycles. The maximum Gasteiger partial charge on any atom is 0.0773 e. The molecule has 0 aromatic rings. The van der Waals surface area contributed by atoms with Gasteiger partial charge in [-0.2, -0.15) is 11.8 Å². The summed E-state index contributed by atoms with van der Waals surface area (Å²) in [5.74, 6) is 1.80. The predicted octanol–water partition coefficient (Wildman–Crippen LogP) is 2.68. The van der Waals surface area contributed by atoms with Crippen molar-refractivity contribution in [1.29, 1.82) is 0 Å². The van der Waals surface area contributed by atoms with E-state index in [0.29, 0.717) is 11.2 Å². The molecule has 3 atom stereocenters. The van der Waals surface area contributed by atoms with E-state index in [1.54, 1.807) is 0 Å². The van der Waals surface area contributed by atoms with Gasteiger partial charge in [-0.05, 0) is 24.5 Å². The Morgan fingerprint density at radius 3 is 2.75 bits per heavy atom. The van der Waals surface area contributed by atoms with E-state index in [1.165, 1.54) is 6.42 Å². The third-order valence-electron chi connectivity index (χ3n) is 3.06. The molecule has 1 nitrogen and oxygen atoms in total. The Balaban J connectivity index is 2.47. The van der Waals surface area contributed by atoms with Crippen LogP contribution in [0.5, 0.6) is 0 Å². The fourth-order valence-electron chi connectivity index (χ4n) is 1.79. The highest BCUT2D eigenvalue weighted by Crippen LogP contribution is 2.39. The molecule has 0 radical (unpaired) electrons. The van der Waals surface area contributed by atoms with Crippen LogP contribution in [0.15, 0.2) is 0 Å². The molecule has 1 aliphatic heterocycles. The van der Waals surface area contributed by atoms with Gasteiger partial charge < -0.3 is 5.11 Å². The predicted molar refractivity (Wildman–Crippen MR) is 55.6 cm³/mol. The van der Waals surface area contributed by atoms with Crippen LogP contribution in [0.3, 0.4) is 0 Å². The summed E-state index contributed by atoms with van der Waals surface area (Å²) in [4.78, 5) is 0. The Labute approximate surface area is 79.9 Å². The van der Waals surface area contributed by atoms with Crippen molar-refractivity contribution in [3.63, 3.8) is 0 Å². The van der Waals surface area contributed by atoms with Crippen LogP contribution < -0.4 is 0 Å². The summed E-state index contributed by atoms with van der Waals surface area (Å²) in [5, 5.41) is 10.7. The van der Waals surface area contributed by atoms with Crippen molar-refractivity contribution in [3.05, 3.63) is 0 Å². The Morgan fingerprint density at radius 2 is 2.33 bits per heavy atom. The SMILES string of the molecule is CCC(C)CC1(O)CCSC1C. The molecule has 1 heterocycles. The lowest BCUT2D eigenvalue weighted by Gasteiger charge is -2.29. The van der Waals surface area contributed by atoms with Crippen molar-refractivity contribution in [2.75, 3.05) is 5.75 Å². The van der Waals surface area contributed by atoms with Gasteiger partial charge in [0.2, 0.25) is 0 Å². The van der Waals surface area contributed by atoms with Gasteiger partial charge in [0.1, 0.15) is 0 Å². The maximum atomic E-state index is 10.2. The summed E-state index contributed by atoms with van der Waals surface area (Å²) in [6.45, 7) is 6.58. The van der Waals surface area contributed by atoms with Gasteiger partial charge in [0.05, 0.1) is 5.60 Å². The fraction of sp³-hybridized carbons (Fsp3) is 1.00. The van der Waals surface area contributed by atoms with Crippen LogP contribution in [0.2, 0.25) is 0 Å². The summed E-state index contributed by atoms with van der Waals surface area (Å²) in [7, 11) is 0. The van der Waals surface area contributed by atoms with Crippen LogP contribution in [-0.4, -0.2) is 21.7 Å². The second kappa shape index (κ2) is 4.01. The van der Waals surface area contributed by atoms with Crippen LogP contribution >= 0.6 is 11.8 Å². The van der Waals surface area contributed by atoms with Gasteiger partial charge in [0.15, 0.2) is 0 Å². The van der Waals surface area contributed by atoms with Crippen molar-refractivity contribution in [3.8, 4) is 0 Å². The first-order valence-corrected chi connectivity index (χ1v) is 5.97. The molecule has 1 fully saturated rings. The average molecular weight is 188 g/mol. The zero-order valence-corrected chi connectivity index (χ0v) is 9.16. The second-order valence-electron chi connectivity index (χ2n) is 4.08. The zero-order valence-electron chi connectivity index (χ0n) is 8.34. The summed E-state index contributed by atoms with van der Waals surface area (Å²) in [6.07, 6.45) is 3.15. The molecule has 0 saturated carbocycles. The zero-order chi connectivity index (χ0) is 9.19. The van der Waals surface area contributed by atoms with Crippen LogP contribution in [0, 0.1) is 5.92 Å². The first kappa shape index (κ1) is 10.4. The van der Waals surface area contributed by atoms with Gasteiger partial charge in [-0.15, -0.1) is 0 Å². The normalized spacial score (nSPS) is 38.5. The Bertz CT molecular complexity index is 149. The van der Waals surface area contributed by atoms with Crippen LogP contribution in [0.4, 0.5) is 0 Å². The van der Waals surface area contributed by atoms with Crippen molar-refractivity contribution < 1.29 is 5.11 Å². The van der Waals surface area contributed by atoms with Crippen molar-refractivity contribution in [1.82, 2.24) is 0 Å². The summed E-state index contributed by atoms with van der Waals surface area (Å²) in [5.41, 5.74) is -0.361. The highest BCUT2D eigenvalue weighted by molar-refractivity contribution is 8.00. The van der Waals surface area contributed by atoms with E-state index in [1.807, 2.05) is 11.8 Å². The third-order valence-corrected chi connectivity index (χ3v) is 4.44. The Kier molecular flexibility index (Phi) is 3.47. The van der Waals surface area contributed by atoms with E-state index in [9.17, 15) is 5.11 Å². The Morgan fingerprint density at radius 1 is 1.67 bits per heavy atom. The van der Waals surface area contributed by atoms with Crippen LogP contribution in [0.25, 0.3) is 0 Å². The van der Waals surface area contributed by atoms with E-state index < -0.39 is 0 Å². The van der Waals surface area contributed by atoms with Crippen molar-refractivity contribution in [2.24, 2.45) is 5.92 Å². The van der Waals surface area contributed by atoms with Gasteiger partial charge in [0.25, 0.3) is 0 Å². The molecule has 1 rings (SSSR count). The minimum Gasteiger partial charge on any atom is -0.389 e. The minimum absolute atomic E-state index is 0.361. The highest BCUT2D eigenvalue weighted by Gasteiger charge is 2.39. The lowest BCUT2D eigenvalue weighted by Crippen LogP contribution is -2.36. The number of hydrogen-bond donors (Lipinski definition) is 1.